The molecule has 4 heteroatoms. The molecule has 2 N–H and O–H groups in total. The Balaban J connectivity index is 2.23. The minimum Gasteiger partial charge on any atom is -0.330 e. The van der Waals surface area contributed by atoms with Gasteiger partial charge in [-0.15, -0.1) is 10.2 Å². The summed E-state index contributed by atoms with van der Waals surface area (Å²) in [6.45, 7) is 5.06. The van der Waals surface area contributed by atoms with Crippen LogP contribution in [0.5, 0.6) is 0 Å². The molecule has 0 aliphatic heterocycles. The first-order chi connectivity index (χ1) is 7.74. The summed E-state index contributed by atoms with van der Waals surface area (Å²) in [4.78, 5) is 0. The average molecular weight is 222 g/mol. The SMILES string of the molecule is CC(C)C(CN)c1nncn1C1CCCC1. The molecule has 2 rings (SSSR count). The van der Waals surface area contributed by atoms with Gasteiger partial charge in [-0.05, 0) is 18.8 Å². The van der Waals surface area contributed by atoms with Gasteiger partial charge >= 0.3 is 0 Å². The molecule has 1 atom stereocenters. The first-order valence-electron chi connectivity index (χ1n) is 6.33. The summed E-state index contributed by atoms with van der Waals surface area (Å²) < 4.78 is 2.27. The Morgan fingerprint density at radius 1 is 1.44 bits per heavy atom. The van der Waals surface area contributed by atoms with E-state index in [4.69, 9.17) is 5.73 Å². The van der Waals surface area contributed by atoms with Crippen LogP contribution in [0.2, 0.25) is 0 Å². The van der Waals surface area contributed by atoms with Crippen molar-refractivity contribution < 1.29 is 0 Å². The van der Waals surface area contributed by atoms with Gasteiger partial charge in [-0.25, -0.2) is 0 Å². The van der Waals surface area contributed by atoms with E-state index >= 15 is 0 Å². The first kappa shape index (κ1) is 11.6. The van der Waals surface area contributed by atoms with Gasteiger partial charge in [0.1, 0.15) is 12.2 Å². The van der Waals surface area contributed by atoms with E-state index in [1.807, 2.05) is 6.33 Å². The van der Waals surface area contributed by atoms with E-state index in [1.54, 1.807) is 0 Å². The molecular weight excluding hydrogens is 200 g/mol. The van der Waals surface area contributed by atoms with Crippen LogP contribution in [0.1, 0.15) is 57.3 Å². The summed E-state index contributed by atoms with van der Waals surface area (Å²) in [6.07, 6.45) is 7.08. The third-order valence-electron chi connectivity index (χ3n) is 3.71. The van der Waals surface area contributed by atoms with Crippen LogP contribution in [-0.2, 0) is 0 Å². The van der Waals surface area contributed by atoms with Crippen molar-refractivity contribution >= 4 is 0 Å². The third kappa shape index (κ3) is 2.12. The summed E-state index contributed by atoms with van der Waals surface area (Å²) >= 11 is 0. The molecule has 16 heavy (non-hydrogen) atoms. The second-order valence-corrected chi connectivity index (χ2v) is 5.12. The maximum absolute atomic E-state index is 5.85. The Hall–Kier alpha value is -0.900. The Morgan fingerprint density at radius 2 is 2.12 bits per heavy atom. The lowest BCUT2D eigenvalue weighted by Crippen LogP contribution is -2.23. The molecule has 1 saturated carbocycles. The topological polar surface area (TPSA) is 56.7 Å². The van der Waals surface area contributed by atoms with Crippen molar-refractivity contribution in [2.75, 3.05) is 6.54 Å². The standard InChI is InChI=1S/C12H22N4/c1-9(2)11(7-13)12-15-14-8-16(12)10-5-3-4-6-10/h8-11H,3-7,13H2,1-2H3. The van der Waals surface area contributed by atoms with E-state index < -0.39 is 0 Å². The quantitative estimate of drug-likeness (QED) is 0.848. The van der Waals surface area contributed by atoms with Gasteiger partial charge in [-0.2, -0.15) is 0 Å². The van der Waals surface area contributed by atoms with Crippen LogP contribution < -0.4 is 5.73 Å². The molecule has 1 aliphatic rings. The fourth-order valence-corrected chi connectivity index (χ4v) is 2.66. The minimum atomic E-state index is 0.336. The number of hydrogen-bond acceptors (Lipinski definition) is 3. The Kier molecular flexibility index (Phi) is 3.59. The molecule has 1 heterocycles. The lowest BCUT2D eigenvalue weighted by atomic mass is 9.95. The summed E-state index contributed by atoms with van der Waals surface area (Å²) in [5.41, 5.74) is 5.85. The van der Waals surface area contributed by atoms with E-state index in [-0.39, 0.29) is 0 Å². The normalized spacial score (nSPS) is 19.5. The molecule has 0 spiro atoms. The molecule has 90 valence electrons. The lowest BCUT2D eigenvalue weighted by molar-refractivity contribution is 0.424. The number of hydrogen-bond donors (Lipinski definition) is 1. The van der Waals surface area contributed by atoms with Gasteiger partial charge in [0.05, 0.1) is 0 Å². The van der Waals surface area contributed by atoms with Crippen LogP contribution in [-0.4, -0.2) is 21.3 Å². The molecule has 0 radical (unpaired) electrons. The van der Waals surface area contributed by atoms with Gasteiger partial charge in [0.15, 0.2) is 0 Å². The first-order valence-corrected chi connectivity index (χ1v) is 6.33. The summed E-state index contributed by atoms with van der Waals surface area (Å²) in [5.74, 6) is 1.95. The van der Waals surface area contributed by atoms with E-state index in [9.17, 15) is 0 Å². The Morgan fingerprint density at radius 3 is 2.69 bits per heavy atom. The van der Waals surface area contributed by atoms with Crippen LogP contribution >= 0.6 is 0 Å². The van der Waals surface area contributed by atoms with Crippen molar-refractivity contribution in [3.8, 4) is 0 Å². The summed E-state index contributed by atoms with van der Waals surface area (Å²) in [7, 11) is 0. The molecule has 1 aromatic heterocycles. The van der Waals surface area contributed by atoms with Crippen LogP contribution in [0.3, 0.4) is 0 Å². The second-order valence-electron chi connectivity index (χ2n) is 5.12. The molecule has 1 aromatic rings. The molecule has 0 bridgehead atoms. The molecule has 1 aliphatic carbocycles. The van der Waals surface area contributed by atoms with Crippen molar-refractivity contribution in [1.29, 1.82) is 0 Å². The van der Waals surface area contributed by atoms with Crippen molar-refractivity contribution in [2.45, 2.75) is 51.5 Å². The fourth-order valence-electron chi connectivity index (χ4n) is 2.66. The number of aromatic nitrogens is 3. The fraction of sp³-hybridized carbons (Fsp3) is 0.833. The molecule has 1 unspecified atom stereocenters. The Labute approximate surface area is 97.2 Å². The van der Waals surface area contributed by atoms with Crippen molar-refractivity contribution in [3.05, 3.63) is 12.2 Å². The molecular formula is C12H22N4. The van der Waals surface area contributed by atoms with E-state index in [0.29, 0.717) is 24.4 Å². The summed E-state index contributed by atoms with van der Waals surface area (Å²) in [5, 5.41) is 8.36. The monoisotopic (exact) mass is 222 g/mol. The van der Waals surface area contributed by atoms with E-state index in [1.165, 1.54) is 25.7 Å². The highest BCUT2D eigenvalue weighted by atomic mass is 15.3. The molecule has 0 amide bonds. The number of nitrogens with zero attached hydrogens (tertiary/aromatic N) is 3. The zero-order valence-corrected chi connectivity index (χ0v) is 10.3. The predicted octanol–water partition coefficient (Wildman–Crippen LogP) is 2.09. The maximum atomic E-state index is 5.85. The number of nitrogens with two attached hydrogens (primary N) is 1. The van der Waals surface area contributed by atoms with Crippen molar-refractivity contribution in [3.63, 3.8) is 0 Å². The maximum Gasteiger partial charge on any atom is 0.137 e. The van der Waals surface area contributed by atoms with Gasteiger partial charge in [0, 0.05) is 18.5 Å². The molecule has 0 aromatic carbocycles. The molecule has 1 fully saturated rings. The minimum absolute atomic E-state index is 0.336. The summed E-state index contributed by atoms with van der Waals surface area (Å²) in [6, 6.07) is 0.609. The van der Waals surface area contributed by atoms with Crippen LogP contribution in [0, 0.1) is 5.92 Å². The zero-order chi connectivity index (χ0) is 11.5. The second kappa shape index (κ2) is 4.95. The van der Waals surface area contributed by atoms with Crippen molar-refractivity contribution in [2.24, 2.45) is 11.7 Å². The highest BCUT2D eigenvalue weighted by Gasteiger charge is 2.25. The number of rotatable bonds is 4. The molecule has 0 saturated heterocycles. The van der Waals surface area contributed by atoms with Gasteiger partial charge in [-0.1, -0.05) is 26.7 Å². The largest absolute Gasteiger partial charge is 0.330 e. The third-order valence-corrected chi connectivity index (χ3v) is 3.71. The van der Waals surface area contributed by atoms with E-state index in [2.05, 4.69) is 28.6 Å². The Bertz CT molecular complexity index is 326. The van der Waals surface area contributed by atoms with Crippen LogP contribution in [0.15, 0.2) is 6.33 Å². The smallest absolute Gasteiger partial charge is 0.137 e. The predicted molar refractivity (Wildman–Crippen MR) is 64.2 cm³/mol. The van der Waals surface area contributed by atoms with Crippen molar-refractivity contribution in [1.82, 2.24) is 14.8 Å². The molecule has 4 nitrogen and oxygen atoms in total. The van der Waals surface area contributed by atoms with Crippen LogP contribution in [0.4, 0.5) is 0 Å². The van der Waals surface area contributed by atoms with Gasteiger partial charge in [0.25, 0.3) is 0 Å². The average Bonchev–Trinajstić information content (AvgIpc) is 2.86. The van der Waals surface area contributed by atoms with Gasteiger partial charge in [-0.3, -0.25) is 0 Å². The highest BCUT2D eigenvalue weighted by Crippen LogP contribution is 2.32. The van der Waals surface area contributed by atoms with Gasteiger partial charge < -0.3 is 10.3 Å². The highest BCUT2D eigenvalue weighted by molar-refractivity contribution is 5.01. The van der Waals surface area contributed by atoms with Gasteiger partial charge in [0.2, 0.25) is 0 Å². The lowest BCUT2D eigenvalue weighted by Gasteiger charge is -2.21. The van der Waals surface area contributed by atoms with Crippen LogP contribution in [0.25, 0.3) is 0 Å². The zero-order valence-electron chi connectivity index (χ0n) is 10.3. The van der Waals surface area contributed by atoms with E-state index in [0.717, 1.165) is 5.82 Å².